The standard InChI is InChI=1S/C18H15NO4S/c1-12-9-10-14-5-4-8-17(18(14)19-12)23-24(21,22)16-7-3-6-15(11-16)13(2)20/h3-11H,1-2H3. The number of hydrogen-bond acceptors (Lipinski definition) is 5. The van der Waals surface area contributed by atoms with Crippen LogP contribution >= 0.6 is 0 Å². The Morgan fingerprint density at radius 1 is 1.04 bits per heavy atom. The molecular weight excluding hydrogens is 326 g/mol. The van der Waals surface area contributed by atoms with Gasteiger partial charge in [0, 0.05) is 16.6 Å². The molecule has 1 heterocycles. The van der Waals surface area contributed by atoms with Gasteiger partial charge in [0.1, 0.15) is 10.4 Å². The Morgan fingerprint density at radius 2 is 1.79 bits per heavy atom. The van der Waals surface area contributed by atoms with E-state index in [0.29, 0.717) is 11.1 Å². The first-order chi connectivity index (χ1) is 11.4. The number of benzene rings is 2. The number of carbonyl (C=O) groups excluding carboxylic acids is 1. The van der Waals surface area contributed by atoms with E-state index in [0.717, 1.165) is 11.1 Å². The first-order valence-corrected chi connectivity index (χ1v) is 8.69. The fourth-order valence-electron chi connectivity index (χ4n) is 2.32. The molecule has 5 nitrogen and oxygen atoms in total. The number of para-hydroxylation sites is 1. The minimum atomic E-state index is -4.07. The van der Waals surface area contributed by atoms with Gasteiger partial charge >= 0.3 is 10.1 Å². The lowest BCUT2D eigenvalue weighted by Crippen LogP contribution is -2.11. The summed E-state index contributed by atoms with van der Waals surface area (Å²) >= 11 is 0. The molecule has 0 fully saturated rings. The van der Waals surface area contributed by atoms with Crippen LogP contribution in [0.2, 0.25) is 0 Å². The second-order valence-corrected chi connectivity index (χ2v) is 6.95. The third-order valence-corrected chi connectivity index (χ3v) is 4.78. The largest absolute Gasteiger partial charge is 0.377 e. The van der Waals surface area contributed by atoms with Crippen LogP contribution in [0.4, 0.5) is 0 Å². The first kappa shape index (κ1) is 16.1. The topological polar surface area (TPSA) is 73.3 Å². The monoisotopic (exact) mass is 341 g/mol. The number of nitrogens with zero attached hydrogens (tertiary/aromatic N) is 1. The van der Waals surface area contributed by atoms with E-state index in [-0.39, 0.29) is 16.4 Å². The molecule has 0 aliphatic heterocycles. The highest BCUT2D eigenvalue weighted by atomic mass is 32.2. The SMILES string of the molecule is CC(=O)c1cccc(S(=O)(=O)Oc2cccc3ccc(C)nc23)c1. The lowest BCUT2D eigenvalue weighted by molar-refractivity contribution is 0.101. The molecule has 3 rings (SSSR count). The second-order valence-electron chi connectivity index (χ2n) is 5.40. The van der Waals surface area contributed by atoms with Crippen LogP contribution < -0.4 is 4.18 Å². The molecule has 0 aliphatic rings. The van der Waals surface area contributed by atoms with E-state index in [2.05, 4.69) is 4.98 Å². The highest BCUT2D eigenvalue weighted by molar-refractivity contribution is 7.87. The first-order valence-electron chi connectivity index (χ1n) is 7.29. The van der Waals surface area contributed by atoms with Crippen molar-refractivity contribution >= 4 is 26.8 Å². The van der Waals surface area contributed by atoms with Crippen molar-refractivity contribution in [1.29, 1.82) is 0 Å². The smallest absolute Gasteiger partial charge is 0.339 e. The van der Waals surface area contributed by atoms with Crippen LogP contribution in [0.5, 0.6) is 5.75 Å². The summed E-state index contributed by atoms with van der Waals surface area (Å²) in [5.41, 5.74) is 1.55. The molecule has 122 valence electrons. The molecule has 3 aromatic rings. The van der Waals surface area contributed by atoms with Crippen LogP contribution in [0.1, 0.15) is 23.0 Å². The van der Waals surface area contributed by atoms with Crippen LogP contribution in [-0.2, 0) is 10.1 Å². The number of fused-ring (bicyclic) bond motifs is 1. The van der Waals surface area contributed by atoms with Gasteiger partial charge in [-0.3, -0.25) is 4.79 Å². The fraction of sp³-hybridized carbons (Fsp3) is 0.111. The molecule has 0 unspecified atom stereocenters. The zero-order valence-corrected chi connectivity index (χ0v) is 14.0. The minimum Gasteiger partial charge on any atom is -0.377 e. The van der Waals surface area contributed by atoms with Gasteiger partial charge in [0.05, 0.1) is 0 Å². The summed E-state index contributed by atoms with van der Waals surface area (Å²) in [6, 6.07) is 14.6. The van der Waals surface area contributed by atoms with Crippen molar-refractivity contribution in [2.45, 2.75) is 18.7 Å². The number of aryl methyl sites for hydroxylation is 1. The molecular formula is C18H15NO4S. The van der Waals surface area contributed by atoms with Crippen LogP contribution in [0.3, 0.4) is 0 Å². The number of carbonyl (C=O) groups is 1. The number of hydrogen-bond donors (Lipinski definition) is 0. The van der Waals surface area contributed by atoms with Crippen LogP contribution in [0.25, 0.3) is 10.9 Å². The van der Waals surface area contributed by atoms with E-state index in [9.17, 15) is 13.2 Å². The van der Waals surface area contributed by atoms with Gasteiger partial charge in [-0.25, -0.2) is 4.98 Å². The molecule has 0 bridgehead atoms. The Kier molecular flexibility index (Phi) is 4.07. The number of rotatable bonds is 4. The van der Waals surface area contributed by atoms with E-state index in [1.165, 1.54) is 25.1 Å². The van der Waals surface area contributed by atoms with Crippen molar-refractivity contribution in [2.75, 3.05) is 0 Å². The van der Waals surface area contributed by atoms with Gasteiger partial charge in [0.2, 0.25) is 0 Å². The molecule has 0 radical (unpaired) electrons. The van der Waals surface area contributed by atoms with Gasteiger partial charge in [-0.15, -0.1) is 0 Å². The van der Waals surface area contributed by atoms with Crippen molar-refractivity contribution in [1.82, 2.24) is 4.98 Å². The molecule has 24 heavy (non-hydrogen) atoms. The molecule has 0 spiro atoms. The molecule has 0 saturated carbocycles. The fourth-order valence-corrected chi connectivity index (χ4v) is 3.31. The Morgan fingerprint density at radius 3 is 2.54 bits per heavy atom. The van der Waals surface area contributed by atoms with E-state index < -0.39 is 10.1 Å². The van der Waals surface area contributed by atoms with Gasteiger partial charge in [-0.2, -0.15) is 8.42 Å². The zero-order valence-electron chi connectivity index (χ0n) is 13.2. The quantitative estimate of drug-likeness (QED) is 0.536. The Labute approximate surface area is 140 Å². The van der Waals surface area contributed by atoms with E-state index in [1.54, 1.807) is 18.2 Å². The van der Waals surface area contributed by atoms with Crippen molar-refractivity contribution in [3.05, 3.63) is 65.9 Å². The summed E-state index contributed by atoms with van der Waals surface area (Å²) in [5.74, 6) is -0.0565. The third kappa shape index (κ3) is 3.14. The predicted molar refractivity (Wildman–Crippen MR) is 90.7 cm³/mol. The molecule has 0 aliphatic carbocycles. The van der Waals surface area contributed by atoms with Gasteiger partial charge < -0.3 is 4.18 Å². The normalized spacial score (nSPS) is 11.4. The molecule has 0 amide bonds. The maximum absolute atomic E-state index is 12.5. The molecule has 6 heteroatoms. The maximum Gasteiger partial charge on any atom is 0.339 e. The predicted octanol–water partition coefficient (Wildman–Crippen LogP) is 3.51. The molecule has 1 aromatic heterocycles. The van der Waals surface area contributed by atoms with Gasteiger partial charge in [0.25, 0.3) is 0 Å². The highest BCUT2D eigenvalue weighted by Crippen LogP contribution is 2.27. The number of pyridine rings is 1. The summed E-state index contributed by atoms with van der Waals surface area (Å²) in [4.78, 5) is 15.7. The van der Waals surface area contributed by atoms with E-state index >= 15 is 0 Å². The average Bonchev–Trinajstić information content (AvgIpc) is 2.55. The van der Waals surface area contributed by atoms with Crippen molar-refractivity contribution in [3.8, 4) is 5.75 Å². The second kappa shape index (κ2) is 6.05. The van der Waals surface area contributed by atoms with Gasteiger partial charge in [-0.1, -0.05) is 30.3 Å². The van der Waals surface area contributed by atoms with Gasteiger partial charge in [-0.05, 0) is 38.1 Å². The summed E-state index contributed by atoms with van der Waals surface area (Å²) in [7, 11) is -4.07. The molecule has 0 atom stereocenters. The lowest BCUT2D eigenvalue weighted by atomic mass is 10.2. The number of Topliss-reactive ketones (excluding diaryl/α,β-unsaturated/α-hetero) is 1. The average molecular weight is 341 g/mol. The molecule has 0 N–H and O–H groups in total. The summed E-state index contributed by atoms with van der Waals surface area (Å²) in [5, 5.41) is 0.783. The number of aromatic nitrogens is 1. The Bertz CT molecular complexity index is 1040. The van der Waals surface area contributed by atoms with Gasteiger partial charge in [0.15, 0.2) is 11.5 Å². The van der Waals surface area contributed by atoms with Crippen molar-refractivity contribution in [2.24, 2.45) is 0 Å². The minimum absolute atomic E-state index is 0.0696. The summed E-state index contributed by atoms with van der Waals surface area (Å²) in [6.45, 7) is 3.20. The zero-order chi connectivity index (χ0) is 17.3. The number of ketones is 1. The van der Waals surface area contributed by atoms with Crippen LogP contribution in [-0.4, -0.2) is 19.2 Å². The summed E-state index contributed by atoms with van der Waals surface area (Å²) < 4.78 is 30.4. The highest BCUT2D eigenvalue weighted by Gasteiger charge is 2.19. The summed E-state index contributed by atoms with van der Waals surface area (Å²) in [6.07, 6.45) is 0. The van der Waals surface area contributed by atoms with E-state index in [1.807, 2.05) is 25.1 Å². The molecule has 0 saturated heterocycles. The Balaban J connectivity index is 2.06. The molecule has 2 aromatic carbocycles. The van der Waals surface area contributed by atoms with Crippen LogP contribution in [0, 0.1) is 6.92 Å². The van der Waals surface area contributed by atoms with Crippen LogP contribution in [0.15, 0.2) is 59.5 Å². The Hall–Kier alpha value is -2.73. The third-order valence-electron chi connectivity index (χ3n) is 3.55. The maximum atomic E-state index is 12.5. The van der Waals surface area contributed by atoms with Crippen molar-refractivity contribution < 1.29 is 17.4 Å². The lowest BCUT2D eigenvalue weighted by Gasteiger charge is -2.10. The van der Waals surface area contributed by atoms with Crippen molar-refractivity contribution in [3.63, 3.8) is 0 Å². The van der Waals surface area contributed by atoms with E-state index in [4.69, 9.17) is 4.18 Å².